The van der Waals surface area contributed by atoms with Gasteiger partial charge in [-0.2, -0.15) is 0 Å². The van der Waals surface area contributed by atoms with Crippen molar-refractivity contribution in [2.45, 2.75) is 12.8 Å². The highest BCUT2D eigenvalue weighted by Crippen LogP contribution is 2.22. The normalized spacial score (nSPS) is 14.4. The van der Waals surface area contributed by atoms with Crippen LogP contribution in [0, 0.1) is 5.92 Å². The Hall–Kier alpha value is -3.33. The third-order valence-electron chi connectivity index (χ3n) is 4.77. The molecule has 8 nitrogen and oxygen atoms in total. The number of nitrogens with zero attached hydrogens (tertiary/aromatic N) is 4. The van der Waals surface area contributed by atoms with Gasteiger partial charge >= 0.3 is 0 Å². The summed E-state index contributed by atoms with van der Waals surface area (Å²) in [6.45, 7) is 1.50. The Morgan fingerprint density at radius 2 is 1.69 bits per heavy atom. The standard InChI is InChI=1S/C20H20N6O2S/c27-17(15-6-11-26(12-7-15)19-21-8-1-9-22-19)24-16-4-2-14(3-5-16)18(28)25-20-23-10-13-29-20/h1-5,8-10,13,15H,6-7,11-12H2,(H,24,27)(H,23,25,28). The first kappa shape index (κ1) is 19.0. The first-order valence-electron chi connectivity index (χ1n) is 9.33. The van der Waals surface area contributed by atoms with Crippen molar-refractivity contribution in [2.75, 3.05) is 28.6 Å². The molecule has 1 aromatic carbocycles. The van der Waals surface area contributed by atoms with E-state index in [-0.39, 0.29) is 17.7 Å². The molecule has 0 radical (unpaired) electrons. The number of anilines is 3. The molecule has 1 fully saturated rings. The SMILES string of the molecule is O=C(Nc1nccs1)c1ccc(NC(=O)C2CCN(c3ncccn3)CC2)cc1. The van der Waals surface area contributed by atoms with E-state index in [9.17, 15) is 9.59 Å². The van der Waals surface area contributed by atoms with Crippen molar-refractivity contribution in [3.63, 3.8) is 0 Å². The molecule has 2 N–H and O–H groups in total. The van der Waals surface area contributed by atoms with Gasteiger partial charge in [-0.05, 0) is 43.2 Å². The zero-order chi connectivity index (χ0) is 20.1. The Labute approximate surface area is 172 Å². The van der Waals surface area contributed by atoms with Crippen molar-refractivity contribution in [2.24, 2.45) is 5.92 Å². The number of piperidine rings is 1. The summed E-state index contributed by atoms with van der Waals surface area (Å²) in [5.74, 6) is 0.424. The highest BCUT2D eigenvalue weighted by atomic mass is 32.1. The first-order valence-corrected chi connectivity index (χ1v) is 10.2. The lowest BCUT2D eigenvalue weighted by Gasteiger charge is -2.31. The van der Waals surface area contributed by atoms with E-state index in [2.05, 4.69) is 30.5 Å². The van der Waals surface area contributed by atoms with E-state index in [4.69, 9.17) is 0 Å². The minimum Gasteiger partial charge on any atom is -0.341 e. The predicted octanol–water partition coefficient (Wildman–Crippen LogP) is 3.04. The quantitative estimate of drug-likeness (QED) is 0.673. The summed E-state index contributed by atoms with van der Waals surface area (Å²) in [6.07, 6.45) is 6.58. The van der Waals surface area contributed by atoms with E-state index in [0.29, 0.717) is 22.3 Å². The molecule has 3 heterocycles. The number of amides is 2. The maximum Gasteiger partial charge on any atom is 0.257 e. The summed E-state index contributed by atoms with van der Waals surface area (Å²) in [4.78, 5) is 39.4. The number of benzene rings is 1. The Kier molecular flexibility index (Phi) is 5.76. The molecule has 0 spiro atoms. The van der Waals surface area contributed by atoms with E-state index in [0.717, 1.165) is 25.9 Å². The van der Waals surface area contributed by atoms with Gasteiger partial charge in [0.15, 0.2) is 5.13 Å². The Morgan fingerprint density at radius 1 is 0.966 bits per heavy atom. The Balaban J connectivity index is 1.29. The summed E-state index contributed by atoms with van der Waals surface area (Å²) in [7, 11) is 0. The molecule has 0 atom stereocenters. The van der Waals surface area contributed by atoms with Gasteiger partial charge < -0.3 is 10.2 Å². The molecule has 0 aliphatic carbocycles. The fourth-order valence-corrected chi connectivity index (χ4v) is 3.72. The number of thiazole rings is 1. The summed E-state index contributed by atoms with van der Waals surface area (Å²) in [5, 5.41) is 8.03. The smallest absolute Gasteiger partial charge is 0.257 e. The second-order valence-corrected chi connectivity index (χ2v) is 7.56. The van der Waals surface area contributed by atoms with Crippen LogP contribution in [0.25, 0.3) is 0 Å². The van der Waals surface area contributed by atoms with Gasteiger partial charge in [0.2, 0.25) is 11.9 Å². The number of carbonyl (C=O) groups is 2. The molecule has 0 unspecified atom stereocenters. The van der Waals surface area contributed by atoms with E-state index in [1.807, 2.05) is 0 Å². The fraction of sp³-hybridized carbons (Fsp3) is 0.250. The highest BCUT2D eigenvalue weighted by Gasteiger charge is 2.26. The van der Waals surface area contributed by atoms with Crippen molar-refractivity contribution in [3.05, 3.63) is 59.9 Å². The van der Waals surface area contributed by atoms with Crippen molar-refractivity contribution in [3.8, 4) is 0 Å². The summed E-state index contributed by atoms with van der Waals surface area (Å²) in [6, 6.07) is 8.64. The second-order valence-electron chi connectivity index (χ2n) is 6.67. The molecular weight excluding hydrogens is 388 g/mol. The van der Waals surface area contributed by atoms with E-state index in [1.165, 1.54) is 11.3 Å². The maximum absolute atomic E-state index is 12.6. The number of nitrogens with one attached hydrogen (secondary N) is 2. The van der Waals surface area contributed by atoms with Gasteiger partial charge in [-0.25, -0.2) is 15.0 Å². The summed E-state index contributed by atoms with van der Waals surface area (Å²) >= 11 is 1.36. The topological polar surface area (TPSA) is 100 Å². The number of hydrogen-bond acceptors (Lipinski definition) is 7. The van der Waals surface area contributed by atoms with Crippen LogP contribution in [0.2, 0.25) is 0 Å². The van der Waals surface area contributed by atoms with Crippen molar-refractivity contribution in [1.82, 2.24) is 15.0 Å². The first-order chi connectivity index (χ1) is 14.2. The molecular formula is C20H20N6O2S. The summed E-state index contributed by atoms with van der Waals surface area (Å²) in [5.41, 5.74) is 1.18. The second kappa shape index (κ2) is 8.78. The third-order valence-corrected chi connectivity index (χ3v) is 5.46. The van der Waals surface area contributed by atoms with Crippen LogP contribution in [0.1, 0.15) is 23.2 Å². The molecule has 0 bridgehead atoms. The fourth-order valence-electron chi connectivity index (χ4n) is 3.20. The van der Waals surface area contributed by atoms with Crippen LogP contribution in [-0.2, 0) is 4.79 Å². The van der Waals surface area contributed by atoms with Crippen molar-refractivity contribution >= 4 is 39.9 Å². The third kappa shape index (κ3) is 4.75. The molecule has 3 aromatic rings. The molecule has 0 saturated carbocycles. The van der Waals surface area contributed by atoms with E-state index in [1.54, 1.807) is 54.3 Å². The lowest BCUT2D eigenvalue weighted by molar-refractivity contribution is -0.120. The minimum atomic E-state index is -0.228. The Bertz CT molecular complexity index is 954. The van der Waals surface area contributed by atoms with Gasteiger partial charge in [0.05, 0.1) is 0 Å². The lowest BCUT2D eigenvalue weighted by atomic mass is 9.96. The van der Waals surface area contributed by atoms with Crippen LogP contribution in [0.4, 0.5) is 16.8 Å². The number of rotatable bonds is 5. The van der Waals surface area contributed by atoms with Crippen LogP contribution >= 0.6 is 11.3 Å². The van der Waals surface area contributed by atoms with Crippen LogP contribution in [-0.4, -0.2) is 39.9 Å². The molecule has 1 aliphatic rings. The van der Waals surface area contributed by atoms with Gasteiger partial charge in [-0.1, -0.05) is 0 Å². The monoisotopic (exact) mass is 408 g/mol. The molecule has 9 heteroatoms. The van der Waals surface area contributed by atoms with Gasteiger partial charge in [0.25, 0.3) is 5.91 Å². The van der Waals surface area contributed by atoms with Gasteiger partial charge in [-0.3, -0.25) is 14.9 Å². The molecule has 4 rings (SSSR count). The average molecular weight is 408 g/mol. The average Bonchev–Trinajstić information content (AvgIpc) is 3.28. The predicted molar refractivity (Wildman–Crippen MR) is 112 cm³/mol. The number of aromatic nitrogens is 3. The van der Waals surface area contributed by atoms with Crippen LogP contribution < -0.4 is 15.5 Å². The maximum atomic E-state index is 12.6. The zero-order valence-corrected chi connectivity index (χ0v) is 16.4. The van der Waals surface area contributed by atoms with E-state index < -0.39 is 0 Å². The van der Waals surface area contributed by atoms with Gasteiger partial charge in [-0.15, -0.1) is 11.3 Å². The van der Waals surface area contributed by atoms with Gasteiger partial charge in [0, 0.05) is 54.2 Å². The minimum absolute atomic E-state index is 0.00128. The van der Waals surface area contributed by atoms with Crippen LogP contribution in [0.15, 0.2) is 54.3 Å². The molecule has 2 amide bonds. The molecule has 148 valence electrons. The van der Waals surface area contributed by atoms with Gasteiger partial charge in [0.1, 0.15) is 0 Å². The molecule has 2 aromatic heterocycles. The van der Waals surface area contributed by atoms with Crippen LogP contribution in [0.3, 0.4) is 0 Å². The number of hydrogen-bond donors (Lipinski definition) is 2. The van der Waals surface area contributed by atoms with Crippen molar-refractivity contribution in [1.29, 1.82) is 0 Å². The molecule has 1 aliphatic heterocycles. The molecule has 1 saturated heterocycles. The lowest BCUT2D eigenvalue weighted by Crippen LogP contribution is -2.39. The highest BCUT2D eigenvalue weighted by molar-refractivity contribution is 7.13. The molecule has 29 heavy (non-hydrogen) atoms. The van der Waals surface area contributed by atoms with E-state index >= 15 is 0 Å². The van der Waals surface area contributed by atoms with Crippen molar-refractivity contribution < 1.29 is 9.59 Å². The Morgan fingerprint density at radius 3 is 2.34 bits per heavy atom. The largest absolute Gasteiger partial charge is 0.341 e. The summed E-state index contributed by atoms with van der Waals surface area (Å²) < 4.78 is 0. The number of carbonyl (C=O) groups excluding carboxylic acids is 2. The van der Waals surface area contributed by atoms with Crippen LogP contribution in [0.5, 0.6) is 0 Å². The zero-order valence-electron chi connectivity index (χ0n) is 15.6.